The summed E-state index contributed by atoms with van der Waals surface area (Å²) >= 11 is 0. The van der Waals surface area contributed by atoms with Crippen LogP contribution in [0.2, 0.25) is 0 Å². The van der Waals surface area contributed by atoms with Gasteiger partial charge < -0.3 is 9.47 Å². The maximum absolute atomic E-state index is 11.3. The Morgan fingerprint density at radius 1 is 1.31 bits per heavy atom. The third kappa shape index (κ3) is 4.51. The minimum Gasteiger partial charge on any atom is -0.430 e. The SMILES string of the molecule is C=CCOC(=O)OC1=C(C)CCCCCC1. The molecule has 0 aromatic carbocycles. The molecule has 90 valence electrons. The Balaban J connectivity index is 2.50. The molecule has 3 heteroatoms. The Hall–Kier alpha value is -1.25. The number of hydrogen-bond donors (Lipinski definition) is 0. The van der Waals surface area contributed by atoms with E-state index >= 15 is 0 Å². The van der Waals surface area contributed by atoms with Crippen LogP contribution in [0.25, 0.3) is 0 Å². The van der Waals surface area contributed by atoms with E-state index in [2.05, 4.69) is 6.58 Å². The first-order valence-electron chi connectivity index (χ1n) is 5.88. The van der Waals surface area contributed by atoms with Crippen LogP contribution in [-0.2, 0) is 9.47 Å². The van der Waals surface area contributed by atoms with E-state index in [9.17, 15) is 4.79 Å². The maximum Gasteiger partial charge on any atom is 0.513 e. The molecule has 0 atom stereocenters. The first-order valence-corrected chi connectivity index (χ1v) is 5.88. The molecule has 1 aliphatic carbocycles. The van der Waals surface area contributed by atoms with Crippen LogP contribution in [0.3, 0.4) is 0 Å². The largest absolute Gasteiger partial charge is 0.513 e. The van der Waals surface area contributed by atoms with E-state index in [4.69, 9.17) is 9.47 Å². The van der Waals surface area contributed by atoms with Gasteiger partial charge in [-0.3, -0.25) is 0 Å². The van der Waals surface area contributed by atoms with Crippen molar-refractivity contribution in [1.82, 2.24) is 0 Å². The smallest absolute Gasteiger partial charge is 0.430 e. The van der Waals surface area contributed by atoms with E-state index in [1.165, 1.54) is 30.9 Å². The van der Waals surface area contributed by atoms with Crippen LogP contribution in [0, 0.1) is 0 Å². The second-order valence-corrected chi connectivity index (χ2v) is 4.07. The fourth-order valence-corrected chi connectivity index (χ4v) is 1.78. The zero-order chi connectivity index (χ0) is 11.8. The van der Waals surface area contributed by atoms with Gasteiger partial charge in [0.1, 0.15) is 12.4 Å². The fraction of sp³-hybridized carbons (Fsp3) is 0.615. The van der Waals surface area contributed by atoms with E-state index in [0.717, 1.165) is 25.0 Å². The van der Waals surface area contributed by atoms with Gasteiger partial charge >= 0.3 is 6.16 Å². The molecular formula is C13H20O3. The van der Waals surface area contributed by atoms with E-state index in [1.807, 2.05) is 6.92 Å². The van der Waals surface area contributed by atoms with Gasteiger partial charge in [-0.15, -0.1) is 0 Å². The van der Waals surface area contributed by atoms with Crippen molar-refractivity contribution in [3.63, 3.8) is 0 Å². The highest BCUT2D eigenvalue weighted by molar-refractivity contribution is 5.61. The first kappa shape index (κ1) is 12.8. The molecule has 0 N–H and O–H groups in total. The molecule has 0 aromatic rings. The third-order valence-electron chi connectivity index (χ3n) is 2.71. The highest BCUT2D eigenvalue weighted by atomic mass is 16.7. The Morgan fingerprint density at radius 3 is 2.69 bits per heavy atom. The van der Waals surface area contributed by atoms with Crippen LogP contribution in [0.15, 0.2) is 24.0 Å². The minimum absolute atomic E-state index is 0.200. The molecule has 0 fully saturated rings. The second-order valence-electron chi connectivity index (χ2n) is 4.07. The quantitative estimate of drug-likeness (QED) is 0.537. The van der Waals surface area contributed by atoms with Crippen molar-refractivity contribution in [1.29, 1.82) is 0 Å². The first-order chi connectivity index (χ1) is 7.74. The van der Waals surface area contributed by atoms with Crippen LogP contribution < -0.4 is 0 Å². The summed E-state index contributed by atoms with van der Waals surface area (Å²) in [5, 5.41) is 0. The molecule has 0 saturated carbocycles. The van der Waals surface area contributed by atoms with Crippen molar-refractivity contribution in [2.45, 2.75) is 45.4 Å². The Bertz CT molecular complexity index is 279. The standard InChI is InChI=1S/C13H20O3/c1-3-10-15-13(14)16-12-9-7-5-4-6-8-11(12)2/h3H,1,4-10H2,2H3. The van der Waals surface area contributed by atoms with Crippen molar-refractivity contribution < 1.29 is 14.3 Å². The van der Waals surface area contributed by atoms with Crippen LogP contribution >= 0.6 is 0 Å². The van der Waals surface area contributed by atoms with E-state index < -0.39 is 6.16 Å². The van der Waals surface area contributed by atoms with Crippen LogP contribution in [0.4, 0.5) is 4.79 Å². The predicted octanol–water partition coefficient (Wildman–Crippen LogP) is 3.95. The lowest BCUT2D eigenvalue weighted by molar-refractivity contribution is 0.0826. The lowest BCUT2D eigenvalue weighted by Gasteiger charge is -2.15. The summed E-state index contributed by atoms with van der Waals surface area (Å²) in [4.78, 5) is 11.3. The molecule has 0 amide bonds. The van der Waals surface area contributed by atoms with Gasteiger partial charge in [0.25, 0.3) is 0 Å². The molecule has 0 radical (unpaired) electrons. The van der Waals surface area contributed by atoms with Gasteiger partial charge in [0.05, 0.1) is 0 Å². The average molecular weight is 224 g/mol. The van der Waals surface area contributed by atoms with Gasteiger partial charge in [-0.1, -0.05) is 25.5 Å². The number of ether oxygens (including phenoxy) is 2. The second kappa shape index (κ2) is 7.09. The molecule has 3 nitrogen and oxygen atoms in total. The Morgan fingerprint density at radius 2 is 2.00 bits per heavy atom. The summed E-state index contributed by atoms with van der Waals surface area (Å²) in [5.41, 5.74) is 1.18. The Labute approximate surface area is 97.1 Å². The maximum atomic E-state index is 11.3. The van der Waals surface area contributed by atoms with Gasteiger partial charge in [0.15, 0.2) is 0 Å². The van der Waals surface area contributed by atoms with E-state index in [1.54, 1.807) is 0 Å². The van der Waals surface area contributed by atoms with Gasteiger partial charge in [-0.05, 0) is 31.8 Å². The fourth-order valence-electron chi connectivity index (χ4n) is 1.78. The summed E-state index contributed by atoms with van der Waals surface area (Å²) in [6.07, 6.45) is 7.52. The van der Waals surface area contributed by atoms with Crippen molar-refractivity contribution in [3.05, 3.63) is 24.0 Å². The van der Waals surface area contributed by atoms with Crippen molar-refractivity contribution in [2.75, 3.05) is 6.61 Å². The zero-order valence-electron chi connectivity index (χ0n) is 9.96. The van der Waals surface area contributed by atoms with Gasteiger partial charge in [0, 0.05) is 6.42 Å². The van der Waals surface area contributed by atoms with Gasteiger partial charge in [-0.25, -0.2) is 4.79 Å². The summed E-state index contributed by atoms with van der Waals surface area (Å²) in [5.74, 6) is 0.800. The third-order valence-corrected chi connectivity index (χ3v) is 2.71. The normalized spacial score (nSPS) is 17.3. The number of rotatable bonds is 3. The van der Waals surface area contributed by atoms with E-state index in [-0.39, 0.29) is 6.61 Å². The summed E-state index contributed by atoms with van der Waals surface area (Å²) in [6.45, 7) is 5.71. The van der Waals surface area contributed by atoms with Crippen molar-refractivity contribution in [3.8, 4) is 0 Å². The van der Waals surface area contributed by atoms with Crippen LogP contribution in [0.5, 0.6) is 0 Å². The highest BCUT2D eigenvalue weighted by Gasteiger charge is 2.13. The molecule has 1 rings (SSSR count). The average Bonchev–Trinajstić information content (AvgIpc) is 2.26. The molecule has 1 aliphatic rings. The molecule has 0 aliphatic heterocycles. The molecule has 0 bridgehead atoms. The molecule has 0 spiro atoms. The summed E-state index contributed by atoms with van der Waals surface area (Å²) < 4.78 is 10.0. The number of allylic oxidation sites excluding steroid dienone is 2. The molecule has 0 aromatic heterocycles. The van der Waals surface area contributed by atoms with Crippen LogP contribution in [-0.4, -0.2) is 12.8 Å². The number of carbonyl (C=O) groups is 1. The monoisotopic (exact) mass is 224 g/mol. The van der Waals surface area contributed by atoms with Gasteiger partial charge in [0.2, 0.25) is 0 Å². The summed E-state index contributed by atoms with van der Waals surface area (Å²) in [7, 11) is 0. The van der Waals surface area contributed by atoms with E-state index in [0.29, 0.717) is 0 Å². The zero-order valence-corrected chi connectivity index (χ0v) is 9.96. The minimum atomic E-state index is -0.616. The molecule has 0 unspecified atom stereocenters. The molecular weight excluding hydrogens is 204 g/mol. The van der Waals surface area contributed by atoms with Crippen molar-refractivity contribution in [2.24, 2.45) is 0 Å². The van der Waals surface area contributed by atoms with Crippen molar-refractivity contribution >= 4 is 6.16 Å². The lowest BCUT2D eigenvalue weighted by Crippen LogP contribution is -2.09. The number of hydrogen-bond acceptors (Lipinski definition) is 3. The van der Waals surface area contributed by atoms with Crippen LogP contribution in [0.1, 0.15) is 45.4 Å². The highest BCUT2D eigenvalue weighted by Crippen LogP contribution is 2.23. The number of carbonyl (C=O) groups excluding carboxylic acids is 1. The Kier molecular flexibility index (Phi) is 5.68. The molecule has 0 heterocycles. The topological polar surface area (TPSA) is 35.5 Å². The summed E-state index contributed by atoms with van der Waals surface area (Å²) in [6, 6.07) is 0. The molecule has 16 heavy (non-hydrogen) atoms. The predicted molar refractivity (Wildman–Crippen MR) is 63.0 cm³/mol. The lowest BCUT2D eigenvalue weighted by atomic mass is 10.00. The van der Waals surface area contributed by atoms with Gasteiger partial charge in [-0.2, -0.15) is 0 Å². The molecule has 0 saturated heterocycles.